The van der Waals surface area contributed by atoms with Gasteiger partial charge in [-0.2, -0.15) is 0 Å². The van der Waals surface area contributed by atoms with Crippen molar-refractivity contribution >= 4 is 12.2 Å². The fourth-order valence-electron chi connectivity index (χ4n) is 1.48. The Morgan fingerprint density at radius 2 is 2.06 bits per heavy atom. The molecule has 17 heavy (non-hydrogen) atoms. The maximum atomic E-state index is 11.7. The molecule has 1 aromatic heterocycles. The zero-order valence-corrected chi connectivity index (χ0v) is 9.14. The highest BCUT2D eigenvalue weighted by Gasteiger charge is 2.07. The highest BCUT2D eigenvalue weighted by molar-refractivity contribution is 5.94. The molecule has 1 amide bonds. The van der Waals surface area contributed by atoms with Crippen LogP contribution in [0.4, 0.5) is 0 Å². The first-order chi connectivity index (χ1) is 8.29. The van der Waals surface area contributed by atoms with Crippen LogP contribution in [0.5, 0.6) is 0 Å². The van der Waals surface area contributed by atoms with Crippen molar-refractivity contribution in [3.63, 3.8) is 0 Å². The lowest BCUT2D eigenvalue weighted by molar-refractivity contribution is 0.0946. The summed E-state index contributed by atoms with van der Waals surface area (Å²) in [6, 6.07) is 11.2. The van der Waals surface area contributed by atoms with Gasteiger partial charge in [-0.3, -0.25) is 9.59 Å². The van der Waals surface area contributed by atoms with Gasteiger partial charge in [0.1, 0.15) is 5.69 Å². The van der Waals surface area contributed by atoms with Crippen LogP contribution in [0.1, 0.15) is 26.4 Å². The molecule has 4 heteroatoms. The molecule has 1 heterocycles. The molecule has 2 rings (SSSR count). The van der Waals surface area contributed by atoms with E-state index in [0.717, 1.165) is 5.56 Å². The van der Waals surface area contributed by atoms with Gasteiger partial charge in [0.25, 0.3) is 5.91 Å². The maximum Gasteiger partial charge on any atom is 0.267 e. The van der Waals surface area contributed by atoms with Crippen molar-refractivity contribution in [3.8, 4) is 0 Å². The Hall–Kier alpha value is -2.36. The second-order valence-corrected chi connectivity index (χ2v) is 3.63. The average molecular weight is 228 g/mol. The second kappa shape index (κ2) is 5.12. The lowest BCUT2D eigenvalue weighted by atomic mass is 10.2. The molecule has 86 valence electrons. The molecule has 0 aliphatic heterocycles. The Morgan fingerprint density at radius 3 is 2.71 bits per heavy atom. The van der Waals surface area contributed by atoms with Crippen molar-refractivity contribution in [2.75, 3.05) is 0 Å². The molecule has 2 N–H and O–H groups in total. The minimum atomic E-state index is -0.220. The van der Waals surface area contributed by atoms with Gasteiger partial charge in [-0.1, -0.05) is 30.3 Å². The molecule has 0 saturated carbocycles. The third kappa shape index (κ3) is 2.81. The first kappa shape index (κ1) is 11.1. The van der Waals surface area contributed by atoms with Gasteiger partial charge in [0, 0.05) is 18.3 Å². The summed E-state index contributed by atoms with van der Waals surface area (Å²) in [7, 11) is 0. The lowest BCUT2D eigenvalue weighted by Gasteiger charge is -2.03. The van der Waals surface area contributed by atoms with Crippen molar-refractivity contribution in [2.45, 2.75) is 6.54 Å². The van der Waals surface area contributed by atoms with Crippen molar-refractivity contribution in [1.82, 2.24) is 10.3 Å². The van der Waals surface area contributed by atoms with E-state index >= 15 is 0 Å². The van der Waals surface area contributed by atoms with Gasteiger partial charge in [0.05, 0.1) is 0 Å². The number of H-pyrrole nitrogens is 1. The SMILES string of the molecule is O=Cc1c[nH]c(C(=O)NCc2ccccc2)c1. The van der Waals surface area contributed by atoms with E-state index < -0.39 is 0 Å². The van der Waals surface area contributed by atoms with E-state index in [0.29, 0.717) is 24.1 Å². The van der Waals surface area contributed by atoms with E-state index in [1.807, 2.05) is 30.3 Å². The van der Waals surface area contributed by atoms with Crippen molar-refractivity contribution < 1.29 is 9.59 Å². The van der Waals surface area contributed by atoms with Crippen LogP contribution < -0.4 is 5.32 Å². The summed E-state index contributed by atoms with van der Waals surface area (Å²) in [6.45, 7) is 0.467. The van der Waals surface area contributed by atoms with E-state index in [9.17, 15) is 9.59 Å². The number of aromatic amines is 1. The van der Waals surface area contributed by atoms with Gasteiger partial charge in [0.15, 0.2) is 6.29 Å². The summed E-state index contributed by atoms with van der Waals surface area (Å²) >= 11 is 0. The summed E-state index contributed by atoms with van der Waals surface area (Å²) in [5.74, 6) is -0.220. The third-order valence-corrected chi connectivity index (χ3v) is 2.38. The lowest BCUT2D eigenvalue weighted by Crippen LogP contribution is -2.22. The normalized spacial score (nSPS) is 9.88. The largest absolute Gasteiger partial charge is 0.357 e. The van der Waals surface area contributed by atoms with Crippen LogP contribution >= 0.6 is 0 Å². The second-order valence-electron chi connectivity index (χ2n) is 3.63. The Morgan fingerprint density at radius 1 is 1.29 bits per heavy atom. The number of amides is 1. The summed E-state index contributed by atoms with van der Waals surface area (Å²) in [5.41, 5.74) is 1.89. The van der Waals surface area contributed by atoms with Gasteiger partial charge in [-0.25, -0.2) is 0 Å². The van der Waals surface area contributed by atoms with E-state index in [2.05, 4.69) is 10.3 Å². The van der Waals surface area contributed by atoms with Crippen LogP contribution in [0.2, 0.25) is 0 Å². The molecule has 0 radical (unpaired) electrons. The molecule has 0 unspecified atom stereocenters. The van der Waals surface area contributed by atoms with Crippen LogP contribution in [0.3, 0.4) is 0 Å². The number of hydrogen-bond acceptors (Lipinski definition) is 2. The smallest absolute Gasteiger partial charge is 0.267 e. The maximum absolute atomic E-state index is 11.7. The number of hydrogen-bond donors (Lipinski definition) is 2. The predicted molar refractivity (Wildman–Crippen MR) is 63.8 cm³/mol. The quantitative estimate of drug-likeness (QED) is 0.783. The molecule has 0 aliphatic carbocycles. The van der Waals surface area contributed by atoms with E-state index in [-0.39, 0.29) is 5.91 Å². The molecular weight excluding hydrogens is 216 g/mol. The van der Waals surface area contributed by atoms with E-state index in [1.165, 1.54) is 12.3 Å². The predicted octanol–water partition coefficient (Wildman–Crippen LogP) is 1.76. The van der Waals surface area contributed by atoms with Crippen LogP contribution in [0.15, 0.2) is 42.6 Å². The molecule has 0 saturated heterocycles. The van der Waals surface area contributed by atoms with Gasteiger partial charge >= 0.3 is 0 Å². The zero-order chi connectivity index (χ0) is 12.1. The molecule has 0 aliphatic rings. The van der Waals surface area contributed by atoms with Crippen LogP contribution in [-0.2, 0) is 6.54 Å². The molecule has 1 aromatic carbocycles. The first-order valence-electron chi connectivity index (χ1n) is 5.25. The molecular formula is C13H12N2O2. The molecule has 0 fully saturated rings. The standard InChI is InChI=1S/C13H12N2O2/c16-9-11-6-12(14-8-11)13(17)15-7-10-4-2-1-3-5-10/h1-6,8-9,14H,7H2,(H,15,17). The zero-order valence-electron chi connectivity index (χ0n) is 9.14. The minimum Gasteiger partial charge on any atom is -0.357 e. The van der Waals surface area contributed by atoms with Crippen LogP contribution in [0, 0.1) is 0 Å². The number of rotatable bonds is 4. The van der Waals surface area contributed by atoms with Crippen LogP contribution in [0.25, 0.3) is 0 Å². The monoisotopic (exact) mass is 228 g/mol. The Labute approximate surface area is 98.7 Å². The summed E-state index contributed by atoms with van der Waals surface area (Å²) in [6.07, 6.45) is 2.20. The van der Waals surface area contributed by atoms with Crippen LogP contribution in [-0.4, -0.2) is 17.2 Å². The van der Waals surface area contributed by atoms with Crippen molar-refractivity contribution in [1.29, 1.82) is 0 Å². The Balaban J connectivity index is 1.96. The summed E-state index contributed by atoms with van der Waals surface area (Å²) in [5, 5.41) is 2.77. The number of carbonyl (C=O) groups is 2. The molecule has 0 atom stereocenters. The highest BCUT2D eigenvalue weighted by atomic mass is 16.1. The minimum absolute atomic E-state index is 0.220. The Kier molecular flexibility index (Phi) is 3.35. The molecule has 0 spiro atoms. The van der Waals surface area contributed by atoms with Gasteiger partial charge in [0.2, 0.25) is 0 Å². The number of nitrogens with one attached hydrogen (secondary N) is 2. The van der Waals surface area contributed by atoms with Gasteiger partial charge in [-0.05, 0) is 11.6 Å². The fourth-order valence-corrected chi connectivity index (χ4v) is 1.48. The van der Waals surface area contributed by atoms with Crippen molar-refractivity contribution in [3.05, 3.63) is 59.4 Å². The highest BCUT2D eigenvalue weighted by Crippen LogP contribution is 2.02. The molecule has 0 bridgehead atoms. The third-order valence-electron chi connectivity index (χ3n) is 2.38. The summed E-state index contributed by atoms with van der Waals surface area (Å²) in [4.78, 5) is 24.9. The number of aldehydes is 1. The molecule has 4 nitrogen and oxygen atoms in total. The van der Waals surface area contributed by atoms with E-state index in [4.69, 9.17) is 0 Å². The van der Waals surface area contributed by atoms with Crippen molar-refractivity contribution in [2.24, 2.45) is 0 Å². The fraction of sp³-hybridized carbons (Fsp3) is 0.0769. The van der Waals surface area contributed by atoms with Gasteiger partial charge < -0.3 is 10.3 Å². The number of carbonyl (C=O) groups excluding carboxylic acids is 2. The molecule has 2 aromatic rings. The van der Waals surface area contributed by atoms with Gasteiger partial charge in [-0.15, -0.1) is 0 Å². The topological polar surface area (TPSA) is 62.0 Å². The first-order valence-corrected chi connectivity index (χ1v) is 5.25. The number of aromatic nitrogens is 1. The summed E-state index contributed by atoms with van der Waals surface area (Å²) < 4.78 is 0. The Bertz CT molecular complexity index is 517. The average Bonchev–Trinajstić information content (AvgIpc) is 2.86. The number of benzene rings is 1. The van der Waals surface area contributed by atoms with E-state index in [1.54, 1.807) is 0 Å².